The van der Waals surface area contributed by atoms with E-state index in [1.165, 1.54) is 37.3 Å². The van der Waals surface area contributed by atoms with Crippen molar-refractivity contribution in [3.63, 3.8) is 0 Å². The molecule has 2 amide bonds. The van der Waals surface area contributed by atoms with E-state index in [0.29, 0.717) is 22.9 Å². The van der Waals surface area contributed by atoms with Crippen LogP contribution in [0.5, 0.6) is 11.5 Å². The fraction of sp³-hybridized carbons (Fsp3) is 0.286. The van der Waals surface area contributed by atoms with Gasteiger partial charge in [0.25, 0.3) is 10.0 Å². The van der Waals surface area contributed by atoms with Crippen LogP contribution in [-0.4, -0.2) is 58.5 Å². The second-order valence-electron chi connectivity index (χ2n) is 8.58. The van der Waals surface area contributed by atoms with E-state index in [9.17, 15) is 18.0 Å². The Morgan fingerprint density at radius 1 is 0.974 bits per heavy atom. The number of hydrogen-bond acceptors (Lipinski definition) is 6. The summed E-state index contributed by atoms with van der Waals surface area (Å²) in [6.07, 6.45) is 0. The smallest absolute Gasteiger partial charge is 0.264 e. The number of sulfonamides is 1. The van der Waals surface area contributed by atoms with Gasteiger partial charge in [0.15, 0.2) is 0 Å². The van der Waals surface area contributed by atoms with Crippen molar-refractivity contribution in [3.05, 3.63) is 83.4 Å². The third-order valence-electron chi connectivity index (χ3n) is 6.03. The van der Waals surface area contributed by atoms with Gasteiger partial charge in [0.05, 0.1) is 24.8 Å². The molecule has 0 radical (unpaired) electrons. The van der Waals surface area contributed by atoms with Crippen LogP contribution in [0.15, 0.2) is 77.7 Å². The number of benzene rings is 3. The molecule has 1 N–H and O–H groups in total. The average Bonchev–Trinajstić information content (AvgIpc) is 2.94. The minimum Gasteiger partial charge on any atom is -0.497 e. The summed E-state index contributed by atoms with van der Waals surface area (Å²) in [4.78, 5) is 28.1. The number of hydrogen-bond donors (Lipinski definition) is 1. The first-order chi connectivity index (χ1) is 18.6. The monoisotopic (exact) mass is 573 g/mol. The SMILES string of the molecule is CCNC(=O)[C@@H](C)N(Cc1cccc(Cl)c1)C(=O)CN(c1cc(OC)ccc1OC)S(=O)(=O)c1ccccc1. The molecule has 0 aliphatic carbocycles. The van der Waals surface area contributed by atoms with Gasteiger partial charge < -0.3 is 19.7 Å². The molecule has 3 aromatic rings. The molecule has 1 atom stereocenters. The molecule has 0 aliphatic rings. The maximum absolute atomic E-state index is 13.9. The molecule has 3 rings (SSSR count). The summed E-state index contributed by atoms with van der Waals surface area (Å²) in [7, 11) is -1.39. The standard InChI is InChI=1S/C28H32ClN3O6S/c1-5-30-28(34)20(2)31(18-21-10-9-11-22(29)16-21)27(33)19-32(39(35,36)24-12-7-6-8-13-24)25-17-23(37-3)14-15-26(25)38-4/h6-17,20H,5,18-19H2,1-4H3,(H,30,34)/t20-/m1/s1. The molecule has 9 nitrogen and oxygen atoms in total. The van der Waals surface area contributed by atoms with Crippen molar-refractivity contribution in [2.45, 2.75) is 31.3 Å². The van der Waals surface area contributed by atoms with Gasteiger partial charge in [-0.3, -0.25) is 13.9 Å². The van der Waals surface area contributed by atoms with Gasteiger partial charge in [0.2, 0.25) is 11.8 Å². The van der Waals surface area contributed by atoms with Crippen LogP contribution in [0, 0.1) is 0 Å². The first-order valence-corrected chi connectivity index (χ1v) is 14.1. The van der Waals surface area contributed by atoms with Crippen molar-refractivity contribution in [2.75, 3.05) is 31.6 Å². The number of anilines is 1. The fourth-order valence-electron chi connectivity index (χ4n) is 3.96. The second kappa shape index (κ2) is 13.3. The highest BCUT2D eigenvalue weighted by molar-refractivity contribution is 7.92. The van der Waals surface area contributed by atoms with Gasteiger partial charge in [-0.05, 0) is 55.8 Å². The van der Waals surface area contributed by atoms with Gasteiger partial charge in [-0.2, -0.15) is 0 Å². The van der Waals surface area contributed by atoms with E-state index in [0.717, 1.165) is 4.31 Å². The van der Waals surface area contributed by atoms with Crippen LogP contribution in [0.3, 0.4) is 0 Å². The first-order valence-electron chi connectivity index (χ1n) is 12.2. The molecule has 0 bridgehead atoms. The van der Waals surface area contributed by atoms with Gasteiger partial charge in [0.1, 0.15) is 24.1 Å². The average molecular weight is 574 g/mol. The van der Waals surface area contributed by atoms with E-state index >= 15 is 0 Å². The van der Waals surface area contributed by atoms with Crippen LogP contribution in [0.1, 0.15) is 19.4 Å². The van der Waals surface area contributed by atoms with Crippen molar-refractivity contribution in [2.24, 2.45) is 0 Å². The number of nitrogens with zero attached hydrogens (tertiary/aromatic N) is 2. The Bertz CT molecular complexity index is 1400. The van der Waals surface area contributed by atoms with Gasteiger partial charge in [-0.1, -0.05) is 41.9 Å². The summed E-state index contributed by atoms with van der Waals surface area (Å²) in [5.41, 5.74) is 0.797. The minimum atomic E-state index is -4.25. The maximum Gasteiger partial charge on any atom is 0.264 e. The predicted octanol–water partition coefficient (Wildman–Crippen LogP) is 4.11. The van der Waals surface area contributed by atoms with E-state index in [1.807, 2.05) is 0 Å². The number of halogens is 1. The number of carbonyl (C=O) groups excluding carboxylic acids is 2. The highest BCUT2D eigenvalue weighted by Gasteiger charge is 2.34. The van der Waals surface area contributed by atoms with Crippen molar-refractivity contribution in [1.82, 2.24) is 10.2 Å². The van der Waals surface area contributed by atoms with Crippen molar-refractivity contribution in [3.8, 4) is 11.5 Å². The predicted molar refractivity (Wildman–Crippen MR) is 151 cm³/mol. The summed E-state index contributed by atoms with van der Waals surface area (Å²) in [5, 5.41) is 3.20. The summed E-state index contributed by atoms with van der Waals surface area (Å²) in [5.74, 6) is -0.373. The summed E-state index contributed by atoms with van der Waals surface area (Å²) < 4.78 is 39.6. The summed E-state index contributed by atoms with van der Waals surface area (Å²) in [6.45, 7) is 3.17. The molecule has 0 spiro atoms. The highest BCUT2D eigenvalue weighted by Crippen LogP contribution is 2.36. The van der Waals surface area contributed by atoms with E-state index < -0.39 is 28.5 Å². The van der Waals surface area contributed by atoms with Crippen LogP contribution in [-0.2, 0) is 26.2 Å². The zero-order valence-electron chi connectivity index (χ0n) is 22.3. The lowest BCUT2D eigenvalue weighted by atomic mass is 10.1. The third-order valence-corrected chi connectivity index (χ3v) is 8.03. The Morgan fingerprint density at radius 2 is 1.69 bits per heavy atom. The minimum absolute atomic E-state index is 0.0131. The highest BCUT2D eigenvalue weighted by atomic mass is 35.5. The van der Waals surface area contributed by atoms with Gasteiger partial charge in [0, 0.05) is 24.2 Å². The zero-order chi connectivity index (χ0) is 28.6. The number of carbonyl (C=O) groups is 2. The van der Waals surface area contributed by atoms with Crippen LogP contribution in [0.4, 0.5) is 5.69 Å². The second-order valence-corrected chi connectivity index (χ2v) is 10.9. The molecule has 208 valence electrons. The fourth-order valence-corrected chi connectivity index (χ4v) is 5.61. The quantitative estimate of drug-likeness (QED) is 0.350. The number of rotatable bonds is 12. The first kappa shape index (κ1) is 29.8. The summed E-state index contributed by atoms with van der Waals surface area (Å²) in [6, 6.07) is 18.5. The molecule has 11 heteroatoms. The molecular formula is C28H32ClN3O6S. The largest absolute Gasteiger partial charge is 0.497 e. The Labute approximate surface area is 234 Å². The molecule has 0 heterocycles. The topological polar surface area (TPSA) is 105 Å². The van der Waals surface area contributed by atoms with Crippen molar-refractivity contribution >= 4 is 39.1 Å². The van der Waals surface area contributed by atoms with Crippen molar-refractivity contribution in [1.29, 1.82) is 0 Å². The zero-order valence-corrected chi connectivity index (χ0v) is 23.8. The molecule has 0 saturated carbocycles. The summed E-state index contributed by atoms with van der Waals surface area (Å²) >= 11 is 6.16. The third kappa shape index (κ3) is 7.21. The van der Waals surface area contributed by atoms with Crippen LogP contribution < -0.4 is 19.1 Å². The van der Waals surface area contributed by atoms with Crippen LogP contribution >= 0.6 is 11.6 Å². The van der Waals surface area contributed by atoms with Gasteiger partial charge in [-0.25, -0.2) is 8.42 Å². The molecule has 0 aliphatic heterocycles. The van der Waals surface area contributed by atoms with Crippen molar-refractivity contribution < 1.29 is 27.5 Å². The Balaban J connectivity index is 2.11. The number of nitrogens with one attached hydrogen (secondary N) is 1. The molecule has 0 saturated heterocycles. The normalized spacial score (nSPS) is 11.8. The maximum atomic E-state index is 13.9. The molecule has 0 unspecified atom stereocenters. The number of amides is 2. The molecule has 0 aromatic heterocycles. The van der Waals surface area contributed by atoms with E-state index in [-0.39, 0.29) is 28.8 Å². The number of methoxy groups -OCH3 is 2. The molecular weight excluding hydrogens is 542 g/mol. The van der Waals surface area contributed by atoms with Gasteiger partial charge >= 0.3 is 0 Å². The number of ether oxygens (including phenoxy) is 2. The number of likely N-dealkylation sites (N-methyl/N-ethyl adjacent to an activating group) is 1. The Hall–Kier alpha value is -3.76. The lowest BCUT2D eigenvalue weighted by Crippen LogP contribution is -2.51. The lowest BCUT2D eigenvalue weighted by molar-refractivity contribution is -0.139. The van der Waals surface area contributed by atoms with Crippen LogP contribution in [0.2, 0.25) is 5.02 Å². The Morgan fingerprint density at radius 3 is 2.31 bits per heavy atom. The van der Waals surface area contributed by atoms with E-state index in [2.05, 4.69) is 5.32 Å². The van der Waals surface area contributed by atoms with Crippen LogP contribution in [0.25, 0.3) is 0 Å². The molecule has 39 heavy (non-hydrogen) atoms. The molecule has 3 aromatic carbocycles. The van der Waals surface area contributed by atoms with E-state index in [1.54, 1.807) is 68.4 Å². The Kier molecular flexibility index (Phi) is 10.2. The van der Waals surface area contributed by atoms with Gasteiger partial charge in [-0.15, -0.1) is 0 Å². The lowest BCUT2D eigenvalue weighted by Gasteiger charge is -2.32. The van der Waals surface area contributed by atoms with E-state index in [4.69, 9.17) is 21.1 Å². The molecule has 0 fully saturated rings.